The van der Waals surface area contributed by atoms with E-state index in [9.17, 15) is 33.6 Å². The molecule has 0 saturated carbocycles. The van der Waals surface area contributed by atoms with Gasteiger partial charge in [-0.2, -0.15) is 8.42 Å². The van der Waals surface area contributed by atoms with Crippen molar-refractivity contribution in [1.82, 2.24) is 5.32 Å². The number of hydrogen-bond acceptors (Lipinski definition) is 10. The molecule has 1 aliphatic heterocycles. The van der Waals surface area contributed by atoms with Crippen LogP contribution >= 0.6 is 0 Å². The molecule has 0 spiro atoms. The number of nitrogens with one attached hydrogen (secondary N) is 1. The van der Waals surface area contributed by atoms with Crippen molar-refractivity contribution in [3.8, 4) is 0 Å². The molecule has 12 nitrogen and oxygen atoms in total. The van der Waals surface area contributed by atoms with Gasteiger partial charge in [0.1, 0.15) is 24.4 Å². The number of allylic oxidation sites excluding steroid dienone is 3. The molecule has 1 fully saturated rings. The SMILES string of the molecule is CCCCCCCCC=CCCCCCCCC(=O)NC(COC1OC(CO)C(O)C(OS(=O)(=O)O)C1O)C(O)C=CCCCCCCCCCCCCC. The van der Waals surface area contributed by atoms with Gasteiger partial charge < -0.3 is 35.2 Å². The summed E-state index contributed by atoms with van der Waals surface area (Å²) in [5.74, 6) is -0.273. The van der Waals surface area contributed by atoms with Crippen molar-refractivity contribution in [2.24, 2.45) is 0 Å². The molecular weight excluding hydrogens is 727 g/mol. The lowest BCUT2D eigenvalue weighted by Gasteiger charge is -2.41. The zero-order valence-corrected chi connectivity index (χ0v) is 35.1. The second-order valence-electron chi connectivity index (χ2n) is 15.3. The van der Waals surface area contributed by atoms with Crippen molar-refractivity contribution in [3.63, 3.8) is 0 Å². The standard InChI is InChI=1S/C42H79NO11S/c1-3-5-7-9-11-13-15-17-18-20-22-24-26-28-30-32-38(46)43-35(36(45)31-29-27-25-23-21-19-16-14-12-10-8-6-4-2)34-52-42-40(48)41(54-55(49,50)51)39(47)37(33-44)53-42/h17-18,29,31,35-37,39-42,44-45,47-48H,3-16,19-28,30,32-34H2,1-2H3,(H,43,46)(H,49,50,51). The number of aliphatic hydroxyl groups is 4. The Bertz CT molecular complexity index is 1090. The molecule has 0 aliphatic carbocycles. The smallest absolute Gasteiger partial charge is 0.394 e. The number of hydrogen-bond donors (Lipinski definition) is 6. The maximum Gasteiger partial charge on any atom is 0.397 e. The molecule has 324 valence electrons. The van der Waals surface area contributed by atoms with Crippen LogP contribution in [0.2, 0.25) is 0 Å². The minimum absolute atomic E-state index is 0.259. The Morgan fingerprint density at radius 2 is 1.16 bits per heavy atom. The van der Waals surface area contributed by atoms with Gasteiger partial charge in [-0.15, -0.1) is 0 Å². The molecule has 0 radical (unpaired) electrons. The number of carbonyl (C=O) groups is 1. The van der Waals surface area contributed by atoms with E-state index in [2.05, 4.69) is 35.5 Å². The zero-order chi connectivity index (χ0) is 40.6. The minimum Gasteiger partial charge on any atom is -0.394 e. The summed E-state index contributed by atoms with van der Waals surface area (Å²) < 4.78 is 47.5. The van der Waals surface area contributed by atoms with Gasteiger partial charge >= 0.3 is 10.4 Å². The van der Waals surface area contributed by atoms with Crippen LogP contribution in [0, 0.1) is 0 Å². The first-order valence-corrected chi connectivity index (χ1v) is 23.1. The fourth-order valence-electron chi connectivity index (χ4n) is 6.80. The number of amides is 1. The molecule has 6 N–H and O–H groups in total. The largest absolute Gasteiger partial charge is 0.397 e. The van der Waals surface area contributed by atoms with E-state index in [1.807, 2.05) is 6.08 Å². The summed E-state index contributed by atoms with van der Waals surface area (Å²) in [6.07, 6.45) is 27.9. The van der Waals surface area contributed by atoms with Gasteiger partial charge in [-0.3, -0.25) is 9.35 Å². The van der Waals surface area contributed by atoms with Gasteiger partial charge in [0.15, 0.2) is 6.29 Å². The number of ether oxygens (including phenoxy) is 2. The van der Waals surface area contributed by atoms with E-state index >= 15 is 0 Å². The molecule has 1 aliphatic rings. The summed E-state index contributed by atoms with van der Waals surface area (Å²) >= 11 is 0. The van der Waals surface area contributed by atoms with Crippen LogP contribution in [0.3, 0.4) is 0 Å². The van der Waals surface area contributed by atoms with Gasteiger partial charge in [-0.25, -0.2) is 4.18 Å². The third kappa shape index (κ3) is 27.0. The molecule has 13 heteroatoms. The normalized spacial score (nSPS) is 21.8. The van der Waals surface area contributed by atoms with Gasteiger partial charge in [0.05, 0.1) is 25.4 Å². The van der Waals surface area contributed by atoms with Crippen LogP contribution in [0.4, 0.5) is 0 Å². The van der Waals surface area contributed by atoms with Crippen LogP contribution in [0.5, 0.6) is 0 Å². The monoisotopic (exact) mass is 806 g/mol. The second kappa shape index (κ2) is 33.5. The quantitative estimate of drug-likeness (QED) is 0.0206. The van der Waals surface area contributed by atoms with Crippen molar-refractivity contribution in [3.05, 3.63) is 24.3 Å². The summed E-state index contributed by atoms with van der Waals surface area (Å²) in [4.78, 5) is 13.0. The first-order chi connectivity index (χ1) is 26.5. The number of unbranched alkanes of at least 4 members (excludes halogenated alkanes) is 22. The van der Waals surface area contributed by atoms with Crippen LogP contribution in [0.25, 0.3) is 0 Å². The van der Waals surface area contributed by atoms with Gasteiger partial charge in [-0.1, -0.05) is 154 Å². The molecule has 0 aromatic carbocycles. The highest BCUT2D eigenvalue weighted by Crippen LogP contribution is 2.26. The topological polar surface area (TPSA) is 192 Å². The predicted molar refractivity (Wildman–Crippen MR) is 218 cm³/mol. The molecule has 0 aromatic heterocycles. The molecule has 7 atom stereocenters. The van der Waals surface area contributed by atoms with E-state index in [1.165, 1.54) is 96.3 Å². The summed E-state index contributed by atoms with van der Waals surface area (Å²) in [7, 11) is -5.08. The Balaban J connectivity index is 2.58. The number of aliphatic hydroxyl groups excluding tert-OH is 4. The lowest BCUT2D eigenvalue weighted by Crippen LogP contribution is -2.61. The van der Waals surface area contributed by atoms with Crippen molar-refractivity contribution in [2.75, 3.05) is 13.2 Å². The third-order valence-corrected chi connectivity index (χ3v) is 10.7. The highest BCUT2D eigenvalue weighted by molar-refractivity contribution is 7.80. The van der Waals surface area contributed by atoms with Gasteiger partial charge in [0.25, 0.3) is 0 Å². The lowest BCUT2D eigenvalue weighted by molar-refractivity contribution is -0.298. The van der Waals surface area contributed by atoms with E-state index in [0.717, 1.165) is 57.8 Å². The Morgan fingerprint density at radius 3 is 1.64 bits per heavy atom. The van der Waals surface area contributed by atoms with Gasteiger partial charge in [-0.05, 0) is 44.9 Å². The predicted octanol–water partition coefficient (Wildman–Crippen LogP) is 7.77. The Hall–Kier alpha value is -1.42. The lowest BCUT2D eigenvalue weighted by atomic mass is 9.99. The Kier molecular flexibility index (Phi) is 31.5. The van der Waals surface area contributed by atoms with Crippen molar-refractivity contribution < 1.29 is 51.8 Å². The molecule has 55 heavy (non-hydrogen) atoms. The molecule has 1 saturated heterocycles. The summed E-state index contributed by atoms with van der Waals surface area (Å²) in [6, 6.07) is -0.944. The molecule has 7 unspecified atom stereocenters. The van der Waals surface area contributed by atoms with Gasteiger partial charge in [0, 0.05) is 6.42 Å². The molecule has 1 rings (SSSR count). The van der Waals surface area contributed by atoms with Crippen molar-refractivity contribution in [2.45, 2.75) is 224 Å². The fraction of sp³-hybridized carbons (Fsp3) is 0.881. The van der Waals surface area contributed by atoms with Crippen molar-refractivity contribution >= 4 is 16.3 Å². The highest BCUT2D eigenvalue weighted by Gasteiger charge is 2.48. The van der Waals surface area contributed by atoms with E-state index in [1.54, 1.807) is 6.08 Å². The van der Waals surface area contributed by atoms with Gasteiger partial charge in [0.2, 0.25) is 5.91 Å². The van der Waals surface area contributed by atoms with E-state index in [-0.39, 0.29) is 18.9 Å². The maximum absolute atomic E-state index is 13.0. The fourth-order valence-corrected chi connectivity index (χ4v) is 7.31. The van der Waals surface area contributed by atoms with E-state index < -0.39 is 59.9 Å². The molecule has 1 heterocycles. The van der Waals surface area contributed by atoms with E-state index in [0.29, 0.717) is 6.42 Å². The van der Waals surface area contributed by atoms with Crippen LogP contribution < -0.4 is 5.32 Å². The average Bonchev–Trinajstić information content (AvgIpc) is 3.15. The van der Waals surface area contributed by atoms with Crippen LogP contribution in [0.1, 0.15) is 181 Å². The minimum atomic E-state index is -5.08. The Morgan fingerprint density at radius 1 is 0.709 bits per heavy atom. The van der Waals surface area contributed by atoms with Crippen LogP contribution in [-0.4, -0.2) is 95.4 Å². The molecule has 1 amide bonds. The molecule has 0 aromatic rings. The van der Waals surface area contributed by atoms with Crippen LogP contribution in [-0.2, 0) is 28.9 Å². The number of carbonyl (C=O) groups excluding carboxylic acids is 1. The first-order valence-electron chi connectivity index (χ1n) is 21.7. The van der Waals surface area contributed by atoms with Crippen molar-refractivity contribution in [1.29, 1.82) is 0 Å². The van der Waals surface area contributed by atoms with E-state index in [4.69, 9.17) is 14.0 Å². The third-order valence-electron chi connectivity index (χ3n) is 10.2. The zero-order valence-electron chi connectivity index (χ0n) is 34.2. The molecule has 0 bridgehead atoms. The van der Waals surface area contributed by atoms with Crippen LogP contribution in [0.15, 0.2) is 24.3 Å². The highest BCUT2D eigenvalue weighted by atomic mass is 32.3. The summed E-state index contributed by atoms with van der Waals surface area (Å²) in [5.41, 5.74) is 0. The summed E-state index contributed by atoms with van der Waals surface area (Å²) in [5, 5.41) is 44.6. The Labute approximate surface area is 333 Å². The average molecular weight is 806 g/mol. The first kappa shape index (κ1) is 51.6. The number of rotatable bonds is 36. The maximum atomic E-state index is 13.0. The second-order valence-corrected chi connectivity index (χ2v) is 16.3. The summed E-state index contributed by atoms with van der Waals surface area (Å²) in [6.45, 7) is 3.35. The molecular formula is C42H79NO11S.